The van der Waals surface area contributed by atoms with Crippen LogP contribution in [-0.2, 0) is 0 Å². The van der Waals surface area contributed by atoms with E-state index in [1.807, 2.05) is 31.2 Å². The number of non-ortho nitro benzene ring substituents is 1. The van der Waals surface area contributed by atoms with Crippen LogP contribution in [0.2, 0.25) is 0 Å². The van der Waals surface area contributed by atoms with Crippen LogP contribution in [0.4, 0.5) is 5.69 Å². The normalized spacial score (nSPS) is 11.7. The highest BCUT2D eigenvalue weighted by Crippen LogP contribution is 2.13. The molecule has 0 N–H and O–H groups in total. The van der Waals surface area contributed by atoms with Gasteiger partial charge in [0.15, 0.2) is 0 Å². The highest BCUT2D eigenvalue weighted by atomic mass is 16.6. The monoisotopic (exact) mass is 311 g/mol. The molecule has 0 fully saturated rings. The average molecular weight is 311 g/mol. The molecule has 0 bridgehead atoms. The topological polar surface area (TPSA) is 77.1 Å². The van der Waals surface area contributed by atoms with Crippen molar-refractivity contribution in [2.24, 2.45) is 10.2 Å². The summed E-state index contributed by atoms with van der Waals surface area (Å²) in [6, 6.07) is 13.7. The number of nitro groups is 1. The van der Waals surface area contributed by atoms with Gasteiger partial charge >= 0.3 is 0 Å². The van der Waals surface area contributed by atoms with E-state index in [9.17, 15) is 10.1 Å². The molecule has 0 aromatic heterocycles. The van der Waals surface area contributed by atoms with Crippen molar-refractivity contribution in [3.63, 3.8) is 0 Å². The van der Waals surface area contributed by atoms with Crippen LogP contribution in [0.25, 0.3) is 0 Å². The van der Waals surface area contributed by atoms with Crippen LogP contribution in [0.1, 0.15) is 25.0 Å². The van der Waals surface area contributed by atoms with E-state index in [1.54, 1.807) is 25.3 Å². The second-order valence-corrected chi connectivity index (χ2v) is 4.74. The lowest BCUT2D eigenvalue weighted by molar-refractivity contribution is -0.384. The fourth-order valence-electron chi connectivity index (χ4n) is 1.88. The summed E-state index contributed by atoms with van der Waals surface area (Å²) >= 11 is 0. The van der Waals surface area contributed by atoms with E-state index in [0.717, 1.165) is 16.9 Å². The van der Waals surface area contributed by atoms with Crippen molar-refractivity contribution in [1.82, 2.24) is 0 Å². The number of nitrogens with zero attached hydrogens (tertiary/aromatic N) is 3. The van der Waals surface area contributed by atoms with Crippen LogP contribution in [0.3, 0.4) is 0 Å². The zero-order valence-corrected chi connectivity index (χ0v) is 13.0. The molecule has 118 valence electrons. The molecular formula is C17H17N3O3. The summed E-state index contributed by atoms with van der Waals surface area (Å²) in [7, 11) is 0. The van der Waals surface area contributed by atoms with Crippen LogP contribution < -0.4 is 4.74 Å². The van der Waals surface area contributed by atoms with Crippen LogP contribution in [0, 0.1) is 10.1 Å². The second kappa shape index (κ2) is 7.84. The standard InChI is InChI=1S/C17H17N3O3/c1-3-23-17-10-4-14(5-11-17)12-18-19-13(2)15-6-8-16(9-7-15)20(21)22/h4-12H,3H2,1-2H3/b18-12+,19-13+. The van der Waals surface area contributed by atoms with Gasteiger partial charge in [-0.3, -0.25) is 10.1 Å². The van der Waals surface area contributed by atoms with Gasteiger partial charge in [-0.05, 0) is 61.4 Å². The third-order valence-corrected chi connectivity index (χ3v) is 3.10. The maximum atomic E-state index is 10.6. The van der Waals surface area contributed by atoms with Gasteiger partial charge in [0.25, 0.3) is 5.69 Å². The fraction of sp³-hybridized carbons (Fsp3) is 0.176. The van der Waals surface area contributed by atoms with Crippen molar-refractivity contribution in [2.45, 2.75) is 13.8 Å². The molecule has 0 heterocycles. The molecule has 2 aromatic rings. The van der Waals surface area contributed by atoms with Crippen LogP contribution >= 0.6 is 0 Å². The van der Waals surface area contributed by atoms with Crippen LogP contribution in [0.5, 0.6) is 5.75 Å². The molecule has 2 rings (SSSR count). The fourth-order valence-corrected chi connectivity index (χ4v) is 1.88. The van der Waals surface area contributed by atoms with Crippen molar-refractivity contribution in [3.8, 4) is 5.75 Å². The molecule has 2 aromatic carbocycles. The number of benzene rings is 2. The van der Waals surface area contributed by atoms with Crippen LogP contribution in [0.15, 0.2) is 58.7 Å². The first-order valence-corrected chi connectivity index (χ1v) is 7.15. The Morgan fingerprint density at radius 1 is 1.17 bits per heavy atom. The first-order chi connectivity index (χ1) is 11.1. The minimum absolute atomic E-state index is 0.0550. The Labute approximate surface area is 134 Å². The predicted octanol–water partition coefficient (Wildman–Crippen LogP) is 3.84. The van der Waals surface area contributed by atoms with Gasteiger partial charge in [-0.25, -0.2) is 0 Å². The van der Waals surface area contributed by atoms with Gasteiger partial charge in [-0.2, -0.15) is 10.2 Å². The molecule has 6 nitrogen and oxygen atoms in total. The maximum Gasteiger partial charge on any atom is 0.269 e. The molecule has 0 saturated carbocycles. The SMILES string of the molecule is CCOc1ccc(/C=N/N=C(\C)c2ccc([N+](=O)[O-])cc2)cc1. The molecule has 0 amide bonds. The lowest BCUT2D eigenvalue weighted by Crippen LogP contribution is -1.95. The largest absolute Gasteiger partial charge is 0.494 e. The minimum Gasteiger partial charge on any atom is -0.494 e. The first-order valence-electron chi connectivity index (χ1n) is 7.15. The molecule has 0 atom stereocenters. The second-order valence-electron chi connectivity index (χ2n) is 4.74. The van der Waals surface area contributed by atoms with E-state index in [-0.39, 0.29) is 5.69 Å². The van der Waals surface area contributed by atoms with Gasteiger partial charge in [-0.1, -0.05) is 0 Å². The number of hydrogen-bond acceptors (Lipinski definition) is 5. The van der Waals surface area contributed by atoms with Crippen molar-refractivity contribution in [3.05, 3.63) is 69.8 Å². The smallest absolute Gasteiger partial charge is 0.269 e. The number of nitro benzene ring substituents is 1. The molecular weight excluding hydrogens is 294 g/mol. The third-order valence-electron chi connectivity index (χ3n) is 3.10. The molecule has 0 aliphatic carbocycles. The third kappa shape index (κ3) is 4.74. The molecule has 23 heavy (non-hydrogen) atoms. The number of rotatable bonds is 6. The zero-order valence-electron chi connectivity index (χ0n) is 13.0. The molecule has 0 aliphatic rings. The van der Waals surface area contributed by atoms with Crippen LogP contribution in [-0.4, -0.2) is 23.5 Å². The van der Waals surface area contributed by atoms with E-state index in [1.165, 1.54) is 12.1 Å². The lowest BCUT2D eigenvalue weighted by atomic mass is 10.1. The maximum absolute atomic E-state index is 10.6. The van der Waals surface area contributed by atoms with E-state index < -0.39 is 4.92 Å². The minimum atomic E-state index is -0.430. The van der Waals surface area contributed by atoms with E-state index >= 15 is 0 Å². The van der Waals surface area contributed by atoms with Gasteiger partial charge in [0, 0.05) is 12.1 Å². The first kappa shape index (κ1) is 16.4. The van der Waals surface area contributed by atoms with Crippen molar-refractivity contribution >= 4 is 17.6 Å². The van der Waals surface area contributed by atoms with Crippen molar-refractivity contribution < 1.29 is 9.66 Å². The summed E-state index contributed by atoms with van der Waals surface area (Å²) in [6.45, 7) is 4.37. The quantitative estimate of drug-likeness (QED) is 0.462. The predicted molar refractivity (Wildman–Crippen MR) is 90.5 cm³/mol. The average Bonchev–Trinajstić information content (AvgIpc) is 2.56. The van der Waals surface area contributed by atoms with E-state index in [2.05, 4.69) is 10.2 Å². The Morgan fingerprint density at radius 2 is 1.83 bits per heavy atom. The molecule has 0 radical (unpaired) electrons. The summed E-state index contributed by atoms with van der Waals surface area (Å²) in [5.74, 6) is 0.815. The molecule has 0 spiro atoms. The molecule has 0 unspecified atom stereocenters. The Morgan fingerprint density at radius 3 is 2.39 bits per heavy atom. The van der Waals surface area contributed by atoms with Gasteiger partial charge in [0.2, 0.25) is 0 Å². The van der Waals surface area contributed by atoms with Crippen molar-refractivity contribution in [1.29, 1.82) is 0 Å². The van der Waals surface area contributed by atoms with Gasteiger partial charge in [0.05, 0.1) is 23.5 Å². The summed E-state index contributed by atoms with van der Waals surface area (Å²) in [6.07, 6.45) is 1.64. The zero-order chi connectivity index (χ0) is 16.7. The summed E-state index contributed by atoms with van der Waals surface area (Å²) in [5, 5.41) is 18.8. The van der Waals surface area contributed by atoms with E-state index in [0.29, 0.717) is 12.3 Å². The Balaban J connectivity index is 2.04. The summed E-state index contributed by atoms with van der Waals surface area (Å²) in [4.78, 5) is 10.2. The molecule has 6 heteroatoms. The summed E-state index contributed by atoms with van der Waals surface area (Å²) < 4.78 is 5.37. The lowest BCUT2D eigenvalue weighted by Gasteiger charge is -2.01. The Hall–Kier alpha value is -3.02. The Bertz CT molecular complexity index is 720. The van der Waals surface area contributed by atoms with E-state index in [4.69, 9.17) is 4.74 Å². The highest BCUT2D eigenvalue weighted by Gasteiger charge is 2.05. The summed E-state index contributed by atoms with van der Waals surface area (Å²) in [5.41, 5.74) is 2.44. The number of hydrogen-bond donors (Lipinski definition) is 0. The van der Waals surface area contributed by atoms with Gasteiger partial charge in [-0.15, -0.1) is 0 Å². The van der Waals surface area contributed by atoms with Crippen molar-refractivity contribution in [2.75, 3.05) is 6.61 Å². The molecule has 0 saturated heterocycles. The van der Waals surface area contributed by atoms with Gasteiger partial charge in [0.1, 0.15) is 5.75 Å². The Kier molecular flexibility index (Phi) is 5.57. The molecule has 0 aliphatic heterocycles. The van der Waals surface area contributed by atoms with Gasteiger partial charge < -0.3 is 4.74 Å². The number of ether oxygens (including phenoxy) is 1. The highest BCUT2D eigenvalue weighted by molar-refractivity contribution is 5.99.